The lowest BCUT2D eigenvalue weighted by atomic mass is 9.84. The van der Waals surface area contributed by atoms with Gasteiger partial charge in [-0.25, -0.2) is 8.78 Å². The predicted octanol–water partition coefficient (Wildman–Crippen LogP) is 1.78. The van der Waals surface area contributed by atoms with Gasteiger partial charge in [-0.3, -0.25) is 4.79 Å². The van der Waals surface area contributed by atoms with Crippen LogP contribution in [-0.2, 0) is 9.53 Å². The maximum Gasteiger partial charge on any atom is 0.267 e. The summed E-state index contributed by atoms with van der Waals surface area (Å²) in [5.74, 6) is 0.0586. The first-order valence-electron chi connectivity index (χ1n) is 3.96. The number of hydrogen-bond acceptors (Lipinski definition) is 2. The molecular weight excluding hydrogens is 166 g/mol. The van der Waals surface area contributed by atoms with E-state index < -0.39 is 12.0 Å². The normalized spacial score (nSPS) is 23.2. The topological polar surface area (TPSA) is 26.3 Å². The summed E-state index contributed by atoms with van der Waals surface area (Å²) in [5, 5.41) is 0. The van der Waals surface area contributed by atoms with Crippen molar-refractivity contribution in [3.63, 3.8) is 0 Å². The van der Waals surface area contributed by atoms with Gasteiger partial charge in [0.2, 0.25) is 0 Å². The molecule has 0 aliphatic heterocycles. The van der Waals surface area contributed by atoms with Crippen molar-refractivity contribution >= 4 is 5.78 Å². The molecule has 0 saturated heterocycles. The van der Waals surface area contributed by atoms with E-state index in [1.807, 2.05) is 0 Å². The Morgan fingerprint density at radius 2 is 1.92 bits per heavy atom. The zero-order valence-corrected chi connectivity index (χ0v) is 6.98. The van der Waals surface area contributed by atoms with Crippen molar-refractivity contribution in [2.45, 2.75) is 37.7 Å². The zero-order chi connectivity index (χ0) is 9.19. The van der Waals surface area contributed by atoms with Gasteiger partial charge in [0, 0.05) is 20.0 Å². The van der Waals surface area contributed by atoms with Crippen LogP contribution >= 0.6 is 0 Å². The Bertz CT molecular complexity index is 170. The van der Waals surface area contributed by atoms with Crippen molar-refractivity contribution in [3.05, 3.63) is 0 Å². The average Bonchev–Trinajstić information content (AvgIpc) is 2.06. The minimum absolute atomic E-state index is 0.0586. The van der Waals surface area contributed by atoms with Gasteiger partial charge in [0.05, 0.1) is 0 Å². The van der Waals surface area contributed by atoms with Crippen molar-refractivity contribution in [1.82, 2.24) is 0 Å². The Hall–Kier alpha value is -0.510. The molecule has 0 spiro atoms. The van der Waals surface area contributed by atoms with Gasteiger partial charge in [-0.2, -0.15) is 0 Å². The van der Waals surface area contributed by atoms with Crippen LogP contribution in [0.5, 0.6) is 0 Å². The van der Waals surface area contributed by atoms with E-state index in [-0.39, 0.29) is 31.5 Å². The number of ether oxygens (including phenoxy) is 1. The van der Waals surface area contributed by atoms with Gasteiger partial charge in [0.15, 0.2) is 0 Å². The SMILES string of the molecule is COC1(C(F)F)CCC(=O)CC1. The third-order valence-corrected chi connectivity index (χ3v) is 2.46. The first-order chi connectivity index (χ1) is 5.60. The molecule has 0 amide bonds. The summed E-state index contributed by atoms with van der Waals surface area (Å²) < 4.78 is 29.7. The lowest BCUT2D eigenvalue weighted by Crippen LogP contribution is -2.43. The van der Waals surface area contributed by atoms with Crippen LogP contribution in [0.4, 0.5) is 8.78 Å². The fraction of sp³-hybridized carbons (Fsp3) is 0.875. The van der Waals surface area contributed by atoms with Gasteiger partial charge >= 0.3 is 0 Å². The summed E-state index contributed by atoms with van der Waals surface area (Å²) in [5.41, 5.74) is -1.35. The molecular formula is C8H12F2O2. The lowest BCUT2D eigenvalue weighted by molar-refractivity contribution is -0.151. The molecule has 1 saturated carbocycles. The minimum atomic E-state index is -2.49. The van der Waals surface area contributed by atoms with Crippen molar-refractivity contribution in [2.24, 2.45) is 0 Å². The van der Waals surface area contributed by atoms with E-state index in [4.69, 9.17) is 4.74 Å². The quantitative estimate of drug-likeness (QED) is 0.644. The molecule has 2 nitrogen and oxygen atoms in total. The largest absolute Gasteiger partial charge is 0.372 e. The van der Waals surface area contributed by atoms with Crippen molar-refractivity contribution in [1.29, 1.82) is 0 Å². The van der Waals surface area contributed by atoms with Crippen LogP contribution in [0, 0.1) is 0 Å². The highest BCUT2D eigenvalue weighted by molar-refractivity contribution is 5.79. The molecule has 4 heteroatoms. The molecule has 12 heavy (non-hydrogen) atoms. The number of Topliss-reactive ketones (excluding diaryl/α,β-unsaturated/α-hetero) is 1. The van der Waals surface area contributed by atoms with Crippen LogP contribution in [-0.4, -0.2) is 24.9 Å². The summed E-state index contributed by atoms with van der Waals surface area (Å²) in [6, 6.07) is 0. The Balaban J connectivity index is 2.63. The number of carbonyl (C=O) groups excluding carboxylic acids is 1. The summed E-state index contributed by atoms with van der Waals surface area (Å²) in [7, 11) is 1.28. The van der Waals surface area contributed by atoms with Crippen LogP contribution in [0.3, 0.4) is 0 Å². The highest BCUT2D eigenvalue weighted by Crippen LogP contribution is 2.34. The summed E-state index contributed by atoms with van der Waals surface area (Å²) in [6.45, 7) is 0. The van der Waals surface area contributed by atoms with Crippen molar-refractivity contribution < 1.29 is 18.3 Å². The Kier molecular flexibility index (Phi) is 2.77. The molecule has 0 aromatic rings. The van der Waals surface area contributed by atoms with Crippen LogP contribution in [0.2, 0.25) is 0 Å². The van der Waals surface area contributed by atoms with Gasteiger partial charge < -0.3 is 4.74 Å². The third kappa shape index (κ3) is 1.63. The fourth-order valence-corrected chi connectivity index (χ4v) is 1.46. The molecule has 0 atom stereocenters. The summed E-state index contributed by atoms with van der Waals surface area (Å²) >= 11 is 0. The van der Waals surface area contributed by atoms with E-state index in [0.29, 0.717) is 0 Å². The van der Waals surface area contributed by atoms with Crippen molar-refractivity contribution in [2.75, 3.05) is 7.11 Å². The maximum absolute atomic E-state index is 12.5. The van der Waals surface area contributed by atoms with Gasteiger partial charge in [0.1, 0.15) is 11.4 Å². The molecule has 1 fully saturated rings. The number of rotatable bonds is 2. The first kappa shape index (κ1) is 9.58. The second-order valence-electron chi connectivity index (χ2n) is 3.11. The Morgan fingerprint density at radius 3 is 2.25 bits per heavy atom. The molecule has 0 radical (unpaired) electrons. The monoisotopic (exact) mass is 178 g/mol. The number of methoxy groups -OCH3 is 1. The number of halogens is 2. The predicted molar refractivity (Wildman–Crippen MR) is 39.2 cm³/mol. The summed E-state index contributed by atoms with van der Waals surface area (Å²) in [6.07, 6.45) is -1.74. The second-order valence-corrected chi connectivity index (χ2v) is 3.11. The standard InChI is InChI=1S/C8H12F2O2/c1-12-8(7(9)10)4-2-6(11)3-5-8/h7H,2-5H2,1H3. The van der Waals surface area contributed by atoms with E-state index in [1.165, 1.54) is 7.11 Å². The minimum Gasteiger partial charge on any atom is -0.372 e. The average molecular weight is 178 g/mol. The van der Waals surface area contributed by atoms with Crippen molar-refractivity contribution in [3.8, 4) is 0 Å². The van der Waals surface area contributed by atoms with Gasteiger partial charge in [-0.15, -0.1) is 0 Å². The van der Waals surface area contributed by atoms with Crippen LogP contribution < -0.4 is 0 Å². The maximum atomic E-state index is 12.5. The molecule has 1 aliphatic rings. The van der Waals surface area contributed by atoms with E-state index in [0.717, 1.165) is 0 Å². The van der Waals surface area contributed by atoms with Gasteiger partial charge in [-0.1, -0.05) is 0 Å². The van der Waals surface area contributed by atoms with Gasteiger partial charge in [-0.05, 0) is 12.8 Å². The fourth-order valence-electron chi connectivity index (χ4n) is 1.46. The zero-order valence-electron chi connectivity index (χ0n) is 6.98. The number of alkyl halides is 2. The van der Waals surface area contributed by atoms with E-state index in [1.54, 1.807) is 0 Å². The smallest absolute Gasteiger partial charge is 0.267 e. The molecule has 0 bridgehead atoms. The highest BCUT2D eigenvalue weighted by atomic mass is 19.3. The van der Waals surface area contributed by atoms with E-state index in [2.05, 4.69) is 0 Å². The molecule has 0 aromatic carbocycles. The molecule has 70 valence electrons. The molecule has 1 aliphatic carbocycles. The molecule has 0 heterocycles. The third-order valence-electron chi connectivity index (χ3n) is 2.46. The lowest BCUT2D eigenvalue weighted by Gasteiger charge is -2.34. The van der Waals surface area contributed by atoms with E-state index >= 15 is 0 Å². The first-order valence-corrected chi connectivity index (χ1v) is 3.96. The number of carbonyl (C=O) groups is 1. The number of hydrogen-bond donors (Lipinski definition) is 0. The number of ketones is 1. The highest BCUT2D eigenvalue weighted by Gasteiger charge is 2.42. The van der Waals surface area contributed by atoms with Crippen LogP contribution in [0.15, 0.2) is 0 Å². The summed E-state index contributed by atoms with van der Waals surface area (Å²) in [4.78, 5) is 10.8. The van der Waals surface area contributed by atoms with Gasteiger partial charge in [0.25, 0.3) is 6.43 Å². The Labute approximate surface area is 69.9 Å². The van der Waals surface area contributed by atoms with Crippen LogP contribution in [0.25, 0.3) is 0 Å². The van der Waals surface area contributed by atoms with E-state index in [9.17, 15) is 13.6 Å². The molecule has 0 aromatic heterocycles. The van der Waals surface area contributed by atoms with Crippen LogP contribution in [0.1, 0.15) is 25.7 Å². The molecule has 0 unspecified atom stereocenters. The Morgan fingerprint density at radius 1 is 1.42 bits per heavy atom. The molecule has 1 rings (SSSR count). The second kappa shape index (κ2) is 3.47. The molecule has 0 N–H and O–H groups in total.